The summed E-state index contributed by atoms with van der Waals surface area (Å²) < 4.78 is 5.28. The minimum Gasteiger partial charge on any atom is -0.497 e. The van der Waals surface area contributed by atoms with E-state index in [0.29, 0.717) is 6.54 Å². The van der Waals surface area contributed by atoms with Crippen LogP contribution in [0.1, 0.15) is 30.9 Å². The first-order valence-corrected chi connectivity index (χ1v) is 7.00. The fourth-order valence-electron chi connectivity index (χ4n) is 2.94. The summed E-state index contributed by atoms with van der Waals surface area (Å²) >= 11 is 0. The van der Waals surface area contributed by atoms with Gasteiger partial charge in [-0.05, 0) is 37.1 Å². The van der Waals surface area contributed by atoms with Gasteiger partial charge >= 0.3 is 0 Å². The van der Waals surface area contributed by atoms with E-state index in [1.165, 1.54) is 18.4 Å². The van der Waals surface area contributed by atoms with Gasteiger partial charge in [-0.2, -0.15) is 0 Å². The summed E-state index contributed by atoms with van der Waals surface area (Å²) in [6.07, 6.45) is 3.42. The van der Waals surface area contributed by atoms with E-state index in [1.54, 1.807) is 7.11 Å². The van der Waals surface area contributed by atoms with Crippen LogP contribution in [0.25, 0.3) is 0 Å². The molecular weight excluding hydrogens is 240 g/mol. The molecule has 1 aromatic rings. The molecule has 0 aliphatic carbocycles. The number of nitrogens with zero attached hydrogens (tertiary/aromatic N) is 1. The van der Waals surface area contributed by atoms with E-state index >= 15 is 0 Å². The van der Waals surface area contributed by atoms with Crippen molar-refractivity contribution in [3.05, 3.63) is 29.8 Å². The Kier molecular flexibility index (Phi) is 5.19. The van der Waals surface area contributed by atoms with E-state index in [4.69, 9.17) is 10.5 Å². The largest absolute Gasteiger partial charge is 0.497 e. The molecule has 2 rings (SSSR count). The predicted molar refractivity (Wildman–Crippen MR) is 76.2 cm³/mol. The van der Waals surface area contributed by atoms with Gasteiger partial charge in [0.2, 0.25) is 0 Å². The standard InChI is InChI=1S/C15H24N2O2/c1-19-14-7-4-5-12(9-14)15(10-16)17-8-3-2-6-13(17)11-18/h4-5,7,9,13,15,18H,2-3,6,8,10-11,16H2,1H3. The van der Waals surface area contributed by atoms with Crippen molar-refractivity contribution in [1.29, 1.82) is 0 Å². The average molecular weight is 264 g/mol. The van der Waals surface area contributed by atoms with E-state index in [1.807, 2.05) is 18.2 Å². The maximum atomic E-state index is 9.55. The van der Waals surface area contributed by atoms with Crippen molar-refractivity contribution in [2.24, 2.45) is 5.73 Å². The highest BCUT2D eigenvalue weighted by Gasteiger charge is 2.28. The van der Waals surface area contributed by atoms with E-state index in [2.05, 4.69) is 11.0 Å². The molecule has 1 aliphatic heterocycles. The molecule has 0 radical (unpaired) electrons. The number of benzene rings is 1. The van der Waals surface area contributed by atoms with Gasteiger partial charge in [-0.15, -0.1) is 0 Å². The van der Waals surface area contributed by atoms with Crippen molar-refractivity contribution in [3.63, 3.8) is 0 Å². The van der Waals surface area contributed by atoms with Gasteiger partial charge in [0.15, 0.2) is 0 Å². The molecule has 4 heteroatoms. The van der Waals surface area contributed by atoms with Gasteiger partial charge in [0.25, 0.3) is 0 Å². The summed E-state index contributed by atoms with van der Waals surface area (Å²) in [5.41, 5.74) is 7.15. The second-order valence-corrected chi connectivity index (χ2v) is 5.10. The molecule has 0 bridgehead atoms. The summed E-state index contributed by atoms with van der Waals surface area (Å²) in [4.78, 5) is 2.35. The number of aliphatic hydroxyl groups excluding tert-OH is 1. The maximum Gasteiger partial charge on any atom is 0.119 e. The lowest BCUT2D eigenvalue weighted by atomic mass is 9.96. The molecule has 2 atom stereocenters. The number of hydrogen-bond donors (Lipinski definition) is 2. The minimum absolute atomic E-state index is 0.160. The molecule has 3 N–H and O–H groups in total. The van der Waals surface area contributed by atoms with Gasteiger partial charge in [0.1, 0.15) is 5.75 Å². The highest BCUT2D eigenvalue weighted by atomic mass is 16.5. The third kappa shape index (κ3) is 3.26. The number of methoxy groups -OCH3 is 1. The van der Waals surface area contributed by atoms with Crippen molar-refractivity contribution in [2.75, 3.05) is 26.8 Å². The molecule has 1 saturated heterocycles. The smallest absolute Gasteiger partial charge is 0.119 e. The van der Waals surface area contributed by atoms with E-state index < -0.39 is 0 Å². The molecule has 0 spiro atoms. The van der Waals surface area contributed by atoms with Crippen molar-refractivity contribution in [3.8, 4) is 5.75 Å². The molecular formula is C15H24N2O2. The zero-order valence-electron chi connectivity index (χ0n) is 11.6. The lowest BCUT2D eigenvalue weighted by Gasteiger charge is -2.40. The first kappa shape index (κ1) is 14.3. The van der Waals surface area contributed by atoms with Gasteiger partial charge in [-0.1, -0.05) is 18.6 Å². The third-order valence-electron chi connectivity index (χ3n) is 3.99. The molecule has 4 nitrogen and oxygen atoms in total. The molecule has 1 aliphatic rings. The second kappa shape index (κ2) is 6.89. The molecule has 0 saturated carbocycles. The van der Waals surface area contributed by atoms with Crippen LogP contribution < -0.4 is 10.5 Å². The minimum atomic E-state index is 0.160. The van der Waals surface area contributed by atoms with Gasteiger partial charge in [-0.3, -0.25) is 4.90 Å². The van der Waals surface area contributed by atoms with Crippen LogP contribution in [0.3, 0.4) is 0 Å². The van der Waals surface area contributed by atoms with Crippen molar-refractivity contribution in [2.45, 2.75) is 31.3 Å². The lowest BCUT2D eigenvalue weighted by Crippen LogP contribution is -2.46. The molecule has 1 aromatic carbocycles. The average Bonchev–Trinajstić information content (AvgIpc) is 2.49. The van der Waals surface area contributed by atoms with Crippen molar-refractivity contribution >= 4 is 0 Å². The molecule has 2 unspecified atom stereocenters. The Labute approximate surface area is 115 Å². The van der Waals surface area contributed by atoms with Crippen LogP contribution in [0.2, 0.25) is 0 Å². The number of nitrogens with two attached hydrogens (primary N) is 1. The zero-order valence-corrected chi connectivity index (χ0v) is 11.6. The van der Waals surface area contributed by atoms with Crippen LogP contribution in [-0.4, -0.2) is 42.9 Å². The van der Waals surface area contributed by atoms with Crippen molar-refractivity contribution in [1.82, 2.24) is 4.90 Å². The normalized spacial score (nSPS) is 22.2. The van der Waals surface area contributed by atoms with Crippen LogP contribution >= 0.6 is 0 Å². The molecule has 1 heterocycles. The fraction of sp³-hybridized carbons (Fsp3) is 0.600. The third-order valence-corrected chi connectivity index (χ3v) is 3.99. The van der Waals surface area contributed by atoms with Crippen LogP contribution in [0.15, 0.2) is 24.3 Å². The van der Waals surface area contributed by atoms with E-state index in [9.17, 15) is 5.11 Å². The van der Waals surface area contributed by atoms with Crippen LogP contribution in [0.5, 0.6) is 5.75 Å². The zero-order chi connectivity index (χ0) is 13.7. The molecule has 106 valence electrons. The number of ether oxygens (including phenoxy) is 1. The highest BCUT2D eigenvalue weighted by Crippen LogP contribution is 2.29. The maximum absolute atomic E-state index is 9.55. The molecule has 0 aromatic heterocycles. The number of hydrogen-bond acceptors (Lipinski definition) is 4. The molecule has 19 heavy (non-hydrogen) atoms. The summed E-state index contributed by atoms with van der Waals surface area (Å²) in [6.45, 7) is 1.77. The van der Waals surface area contributed by atoms with Gasteiger partial charge in [0, 0.05) is 18.6 Å². The first-order valence-electron chi connectivity index (χ1n) is 7.00. The lowest BCUT2D eigenvalue weighted by molar-refractivity contribution is 0.0552. The van der Waals surface area contributed by atoms with Gasteiger partial charge in [-0.25, -0.2) is 0 Å². The van der Waals surface area contributed by atoms with Crippen LogP contribution in [0.4, 0.5) is 0 Å². The fourth-order valence-corrected chi connectivity index (χ4v) is 2.94. The number of piperidine rings is 1. The Hall–Kier alpha value is -1.10. The van der Waals surface area contributed by atoms with Crippen LogP contribution in [0, 0.1) is 0 Å². The van der Waals surface area contributed by atoms with Gasteiger partial charge < -0.3 is 15.6 Å². The highest BCUT2D eigenvalue weighted by molar-refractivity contribution is 5.31. The Bertz CT molecular complexity index is 397. The molecule has 0 amide bonds. The van der Waals surface area contributed by atoms with E-state index in [-0.39, 0.29) is 18.7 Å². The number of aliphatic hydroxyl groups is 1. The summed E-state index contributed by atoms with van der Waals surface area (Å²) in [7, 11) is 1.67. The first-order chi connectivity index (χ1) is 9.30. The number of rotatable bonds is 5. The second-order valence-electron chi connectivity index (χ2n) is 5.10. The molecule has 1 fully saturated rings. The van der Waals surface area contributed by atoms with Crippen LogP contribution in [-0.2, 0) is 0 Å². The SMILES string of the molecule is COc1cccc(C(CN)N2CCCCC2CO)c1. The Balaban J connectivity index is 2.21. The summed E-state index contributed by atoms with van der Waals surface area (Å²) in [5.74, 6) is 0.855. The van der Waals surface area contributed by atoms with Crippen molar-refractivity contribution < 1.29 is 9.84 Å². The summed E-state index contributed by atoms with van der Waals surface area (Å²) in [6, 6.07) is 8.45. The van der Waals surface area contributed by atoms with E-state index in [0.717, 1.165) is 18.7 Å². The predicted octanol–water partition coefficient (Wildman–Crippen LogP) is 1.54. The van der Waals surface area contributed by atoms with Gasteiger partial charge in [0.05, 0.1) is 13.7 Å². The Morgan fingerprint density at radius 3 is 3.00 bits per heavy atom. The monoisotopic (exact) mass is 264 g/mol. The topological polar surface area (TPSA) is 58.7 Å². The quantitative estimate of drug-likeness (QED) is 0.847. The number of likely N-dealkylation sites (tertiary alicyclic amines) is 1. The Morgan fingerprint density at radius 1 is 1.47 bits per heavy atom. The summed E-state index contributed by atoms with van der Waals surface area (Å²) in [5, 5.41) is 9.55. The Morgan fingerprint density at radius 2 is 2.32 bits per heavy atom.